The summed E-state index contributed by atoms with van der Waals surface area (Å²) in [7, 11) is 0. The Bertz CT molecular complexity index is 725. The fourth-order valence-electron chi connectivity index (χ4n) is 2.62. The van der Waals surface area contributed by atoms with E-state index in [0.717, 1.165) is 11.3 Å². The zero-order chi connectivity index (χ0) is 14.9. The van der Waals surface area contributed by atoms with Gasteiger partial charge in [0, 0.05) is 6.07 Å². The molecule has 2 aromatic carbocycles. The first kappa shape index (κ1) is 13.0. The van der Waals surface area contributed by atoms with Crippen molar-refractivity contribution in [1.29, 1.82) is 0 Å². The molecular weight excluding hydrogens is 284 g/mol. The topological polar surface area (TPSA) is 54.0 Å². The average molecular weight is 298 g/mol. The monoisotopic (exact) mass is 298 g/mol. The highest BCUT2D eigenvalue weighted by molar-refractivity contribution is 5.76. The number of esters is 1. The normalized spacial score (nSPS) is 18.3. The van der Waals surface area contributed by atoms with E-state index in [0.29, 0.717) is 30.3 Å². The van der Waals surface area contributed by atoms with E-state index < -0.39 is 0 Å². The molecule has 0 aliphatic carbocycles. The molecule has 0 bridgehead atoms. The van der Waals surface area contributed by atoms with Crippen LogP contribution in [-0.2, 0) is 11.2 Å². The van der Waals surface area contributed by atoms with E-state index in [4.69, 9.17) is 18.9 Å². The van der Waals surface area contributed by atoms with E-state index in [1.807, 2.05) is 24.3 Å². The van der Waals surface area contributed by atoms with Crippen LogP contribution in [0.2, 0.25) is 0 Å². The fourth-order valence-corrected chi connectivity index (χ4v) is 2.62. The molecule has 0 unspecified atom stereocenters. The molecule has 0 spiro atoms. The van der Waals surface area contributed by atoms with Crippen LogP contribution in [-0.4, -0.2) is 19.4 Å². The Morgan fingerprint density at radius 3 is 2.82 bits per heavy atom. The minimum absolute atomic E-state index is 0.194. The van der Waals surface area contributed by atoms with Crippen LogP contribution in [0.15, 0.2) is 42.5 Å². The highest BCUT2D eigenvalue weighted by Crippen LogP contribution is 2.35. The maximum atomic E-state index is 12.3. The van der Waals surface area contributed by atoms with Gasteiger partial charge in [0.1, 0.15) is 18.1 Å². The first-order valence-corrected chi connectivity index (χ1v) is 7.11. The average Bonchev–Trinajstić information content (AvgIpc) is 3.02. The Morgan fingerprint density at radius 1 is 1.00 bits per heavy atom. The molecule has 0 saturated carbocycles. The predicted octanol–water partition coefficient (Wildman–Crippen LogP) is 2.57. The van der Waals surface area contributed by atoms with Crippen LogP contribution in [0, 0.1) is 5.92 Å². The number of ether oxygens (including phenoxy) is 4. The van der Waals surface area contributed by atoms with E-state index in [-0.39, 0.29) is 18.7 Å². The molecule has 0 N–H and O–H groups in total. The predicted molar refractivity (Wildman–Crippen MR) is 77.3 cm³/mol. The molecule has 5 heteroatoms. The van der Waals surface area contributed by atoms with Crippen molar-refractivity contribution in [3.63, 3.8) is 0 Å². The SMILES string of the molecule is O=C(Oc1ccc2c(c1)OCO2)[C@@H]1COc2ccccc2C1. The lowest BCUT2D eigenvalue weighted by molar-refractivity contribution is -0.140. The van der Waals surface area contributed by atoms with Crippen molar-refractivity contribution in [2.45, 2.75) is 6.42 Å². The number of carbonyl (C=O) groups excluding carboxylic acids is 1. The van der Waals surface area contributed by atoms with Gasteiger partial charge in [-0.15, -0.1) is 0 Å². The second kappa shape index (κ2) is 5.26. The Labute approximate surface area is 127 Å². The summed E-state index contributed by atoms with van der Waals surface area (Å²) in [5.74, 6) is 1.95. The molecule has 22 heavy (non-hydrogen) atoms. The van der Waals surface area contributed by atoms with Gasteiger partial charge in [-0.3, -0.25) is 4.79 Å². The quantitative estimate of drug-likeness (QED) is 0.630. The third-order valence-electron chi connectivity index (χ3n) is 3.77. The number of para-hydroxylation sites is 1. The van der Waals surface area contributed by atoms with Gasteiger partial charge in [-0.05, 0) is 30.2 Å². The molecule has 2 heterocycles. The summed E-state index contributed by atoms with van der Waals surface area (Å²) in [6, 6.07) is 12.8. The van der Waals surface area contributed by atoms with Gasteiger partial charge < -0.3 is 18.9 Å². The minimum atomic E-state index is -0.305. The number of rotatable bonds is 2. The van der Waals surface area contributed by atoms with Crippen molar-refractivity contribution in [3.05, 3.63) is 48.0 Å². The highest BCUT2D eigenvalue weighted by Gasteiger charge is 2.28. The van der Waals surface area contributed by atoms with Crippen LogP contribution in [0.1, 0.15) is 5.56 Å². The number of benzene rings is 2. The summed E-state index contributed by atoms with van der Waals surface area (Å²) in [4.78, 5) is 12.3. The number of hydrogen-bond donors (Lipinski definition) is 0. The van der Waals surface area contributed by atoms with Gasteiger partial charge in [0.15, 0.2) is 11.5 Å². The van der Waals surface area contributed by atoms with Crippen LogP contribution in [0.25, 0.3) is 0 Å². The molecule has 0 aromatic heterocycles. The molecule has 0 fully saturated rings. The first-order chi connectivity index (χ1) is 10.8. The Hall–Kier alpha value is -2.69. The molecule has 2 aliphatic heterocycles. The van der Waals surface area contributed by atoms with Gasteiger partial charge in [0.2, 0.25) is 6.79 Å². The van der Waals surface area contributed by atoms with Crippen molar-refractivity contribution in [2.75, 3.05) is 13.4 Å². The van der Waals surface area contributed by atoms with Crippen LogP contribution in [0.5, 0.6) is 23.0 Å². The molecule has 5 nitrogen and oxygen atoms in total. The molecule has 0 saturated heterocycles. The maximum absolute atomic E-state index is 12.3. The van der Waals surface area contributed by atoms with Gasteiger partial charge >= 0.3 is 5.97 Å². The van der Waals surface area contributed by atoms with Crippen molar-refractivity contribution in [1.82, 2.24) is 0 Å². The van der Waals surface area contributed by atoms with E-state index in [1.165, 1.54) is 0 Å². The van der Waals surface area contributed by atoms with E-state index in [2.05, 4.69) is 0 Å². The molecule has 0 radical (unpaired) electrons. The van der Waals surface area contributed by atoms with Crippen molar-refractivity contribution >= 4 is 5.97 Å². The van der Waals surface area contributed by atoms with Crippen LogP contribution >= 0.6 is 0 Å². The van der Waals surface area contributed by atoms with Crippen molar-refractivity contribution in [2.24, 2.45) is 5.92 Å². The maximum Gasteiger partial charge on any atom is 0.318 e. The fraction of sp³-hybridized carbons (Fsp3) is 0.235. The molecule has 0 amide bonds. The second-order valence-electron chi connectivity index (χ2n) is 5.26. The van der Waals surface area contributed by atoms with Gasteiger partial charge in [0.25, 0.3) is 0 Å². The van der Waals surface area contributed by atoms with Crippen molar-refractivity contribution < 1.29 is 23.7 Å². The van der Waals surface area contributed by atoms with E-state index in [1.54, 1.807) is 18.2 Å². The van der Waals surface area contributed by atoms with Crippen LogP contribution in [0.4, 0.5) is 0 Å². The zero-order valence-electron chi connectivity index (χ0n) is 11.8. The summed E-state index contributed by atoms with van der Waals surface area (Å²) < 4.78 is 21.6. The molecule has 2 aromatic rings. The van der Waals surface area contributed by atoms with Gasteiger partial charge in [-0.25, -0.2) is 0 Å². The summed E-state index contributed by atoms with van der Waals surface area (Å²) in [6.45, 7) is 0.528. The molecule has 112 valence electrons. The second-order valence-corrected chi connectivity index (χ2v) is 5.26. The third-order valence-corrected chi connectivity index (χ3v) is 3.77. The molecule has 2 aliphatic rings. The smallest absolute Gasteiger partial charge is 0.318 e. The molecular formula is C17H14O5. The van der Waals surface area contributed by atoms with Gasteiger partial charge in [0.05, 0.1) is 5.92 Å². The minimum Gasteiger partial charge on any atom is -0.492 e. The molecule has 4 rings (SSSR count). The van der Waals surface area contributed by atoms with E-state index in [9.17, 15) is 4.79 Å². The lowest BCUT2D eigenvalue weighted by atomic mass is 9.97. The van der Waals surface area contributed by atoms with Gasteiger partial charge in [-0.1, -0.05) is 18.2 Å². The van der Waals surface area contributed by atoms with Crippen LogP contribution in [0.3, 0.4) is 0 Å². The lowest BCUT2D eigenvalue weighted by Gasteiger charge is -2.23. The zero-order valence-corrected chi connectivity index (χ0v) is 11.8. The number of hydrogen-bond acceptors (Lipinski definition) is 5. The molecule has 1 atom stereocenters. The lowest BCUT2D eigenvalue weighted by Crippen LogP contribution is -2.31. The highest BCUT2D eigenvalue weighted by atomic mass is 16.7. The Kier molecular flexibility index (Phi) is 3.11. The van der Waals surface area contributed by atoms with Gasteiger partial charge in [-0.2, -0.15) is 0 Å². The van der Waals surface area contributed by atoms with E-state index >= 15 is 0 Å². The standard InChI is InChI=1S/C17H14O5/c18-17(12-7-11-3-1-2-4-14(11)19-9-12)22-13-5-6-15-16(8-13)21-10-20-15/h1-6,8,12H,7,9-10H2/t12-/m0/s1. The van der Waals surface area contributed by atoms with Crippen LogP contribution < -0.4 is 18.9 Å². The third kappa shape index (κ3) is 2.35. The summed E-state index contributed by atoms with van der Waals surface area (Å²) in [6.07, 6.45) is 0.625. The number of carbonyl (C=O) groups is 1. The van der Waals surface area contributed by atoms with Crippen molar-refractivity contribution in [3.8, 4) is 23.0 Å². The number of fused-ring (bicyclic) bond motifs is 2. The largest absolute Gasteiger partial charge is 0.492 e. The first-order valence-electron chi connectivity index (χ1n) is 7.11. The summed E-state index contributed by atoms with van der Waals surface area (Å²) in [5.41, 5.74) is 1.03. The Balaban J connectivity index is 1.47. The summed E-state index contributed by atoms with van der Waals surface area (Å²) >= 11 is 0. The summed E-state index contributed by atoms with van der Waals surface area (Å²) in [5, 5.41) is 0. The Morgan fingerprint density at radius 2 is 1.86 bits per heavy atom.